The van der Waals surface area contributed by atoms with Crippen LogP contribution in [0.1, 0.15) is 31.7 Å². The predicted molar refractivity (Wildman–Crippen MR) is 91.5 cm³/mol. The van der Waals surface area contributed by atoms with E-state index in [0.717, 1.165) is 50.5 Å². The number of hydrogen-bond acceptors (Lipinski definition) is 4. The van der Waals surface area contributed by atoms with E-state index in [1.54, 1.807) is 7.11 Å². The lowest BCUT2D eigenvalue weighted by Crippen LogP contribution is -2.29. The molecule has 1 aliphatic rings. The average Bonchev–Trinajstić information content (AvgIpc) is 2.56. The van der Waals surface area contributed by atoms with E-state index in [1.807, 2.05) is 13.0 Å². The van der Waals surface area contributed by atoms with E-state index < -0.39 is 0 Å². The summed E-state index contributed by atoms with van der Waals surface area (Å²) >= 11 is 0. The molecule has 0 radical (unpaired) electrons. The predicted octanol–water partition coefficient (Wildman–Crippen LogP) is 2.92. The van der Waals surface area contributed by atoms with Crippen LogP contribution in [0.2, 0.25) is 0 Å². The first-order chi connectivity index (χ1) is 10.8. The van der Waals surface area contributed by atoms with Gasteiger partial charge in [-0.05, 0) is 62.5 Å². The van der Waals surface area contributed by atoms with Gasteiger partial charge in [0.05, 0.1) is 13.7 Å². The maximum atomic E-state index is 5.67. The Morgan fingerprint density at radius 3 is 2.73 bits per heavy atom. The van der Waals surface area contributed by atoms with Crippen molar-refractivity contribution in [3.8, 4) is 11.5 Å². The van der Waals surface area contributed by atoms with E-state index in [2.05, 4.69) is 23.1 Å². The minimum absolute atomic E-state index is 0.647. The molecule has 4 heteroatoms. The second-order valence-electron chi connectivity index (χ2n) is 5.57. The molecule has 0 unspecified atom stereocenters. The maximum Gasteiger partial charge on any atom is 0.161 e. The van der Waals surface area contributed by atoms with Gasteiger partial charge in [-0.1, -0.05) is 12.1 Å². The summed E-state index contributed by atoms with van der Waals surface area (Å²) in [5.41, 5.74) is 8.20. The van der Waals surface area contributed by atoms with Crippen molar-refractivity contribution in [1.82, 2.24) is 4.90 Å². The number of benzene rings is 1. The van der Waals surface area contributed by atoms with Crippen molar-refractivity contribution in [2.24, 2.45) is 5.73 Å². The van der Waals surface area contributed by atoms with E-state index >= 15 is 0 Å². The molecular formula is C18H28N2O2. The minimum atomic E-state index is 0.647. The van der Waals surface area contributed by atoms with E-state index in [-0.39, 0.29) is 0 Å². The molecule has 0 aromatic heterocycles. The van der Waals surface area contributed by atoms with Gasteiger partial charge in [-0.15, -0.1) is 0 Å². The monoisotopic (exact) mass is 304 g/mol. The summed E-state index contributed by atoms with van der Waals surface area (Å²) in [4.78, 5) is 2.49. The van der Waals surface area contributed by atoms with Crippen LogP contribution in [0.3, 0.4) is 0 Å². The quantitative estimate of drug-likeness (QED) is 0.750. The van der Waals surface area contributed by atoms with Gasteiger partial charge < -0.3 is 15.2 Å². The number of methoxy groups -OCH3 is 1. The molecule has 2 rings (SSSR count). The lowest BCUT2D eigenvalue weighted by Gasteiger charge is -2.26. The number of unbranched alkanes of at least 4 members (excludes halogenated alkanes) is 1. The third kappa shape index (κ3) is 4.49. The van der Waals surface area contributed by atoms with Crippen molar-refractivity contribution in [1.29, 1.82) is 0 Å². The molecule has 1 aromatic rings. The van der Waals surface area contributed by atoms with Gasteiger partial charge in [0.1, 0.15) is 0 Å². The molecule has 1 aromatic carbocycles. The summed E-state index contributed by atoms with van der Waals surface area (Å²) in [5, 5.41) is 0. The van der Waals surface area contributed by atoms with Crippen LogP contribution in [-0.2, 0) is 0 Å². The molecule has 0 fully saturated rings. The Labute approximate surface area is 133 Å². The number of ether oxygens (including phenoxy) is 2. The third-order valence-corrected chi connectivity index (χ3v) is 4.06. The van der Waals surface area contributed by atoms with Crippen molar-refractivity contribution >= 4 is 5.57 Å². The molecule has 0 saturated heterocycles. The van der Waals surface area contributed by atoms with Gasteiger partial charge in [-0.2, -0.15) is 0 Å². The first-order valence-electron chi connectivity index (χ1n) is 8.21. The highest BCUT2D eigenvalue weighted by Gasteiger charge is 2.14. The molecule has 4 nitrogen and oxygen atoms in total. The summed E-state index contributed by atoms with van der Waals surface area (Å²) in [6.07, 6.45) is 5.73. The van der Waals surface area contributed by atoms with Crippen LogP contribution < -0.4 is 15.2 Å². The molecule has 1 heterocycles. The SMILES string of the molecule is CCOc1cc(C2=CCN(CCCCN)CC2)ccc1OC. The second-order valence-corrected chi connectivity index (χ2v) is 5.57. The highest BCUT2D eigenvalue weighted by molar-refractivity contribution is 5.69. The Morgan fingerprint density at radius 1 is 1.23 bits per heavy atom. The Hall–Kier alpha value is -1.52. The van der Waals surface area contributed by atoms with Gasteiger partial charge in [0, 0.05) is 13.1 Å². The largest absolute Gasteiger partial charge is 0.493 e. The molecule has 0 spiro atoms. The fourth-order valence-electron chi connectivity index (χ4n) is 2.80. The summed E-state index contributed by atoms with van der Waals surface area (Å²) in [7, 11) is 1.68. The van der Waals surface area contributed by atoms with Crippen LogP contribution in [0.4, 0.5) is 0 Å². The van der Waals surface area contributed by atoms with E-state index in [4.69, 9.17) is 15.2 Å². The van der Waals surface area contributed by atoms with Crippen LogP contribution in [0.25, 0.3) is 5.57 Å². The molecule has 0 bridgehead atoms. The highest BCUT2D eigenvalue weighted by atomic mass is 16.5. The molecule has 0 saturated carbocycles. The van der Waals surface area contributed by atoms with E-state index in [0.29, 0.717) is 6.61 Å². The van der Waals surface area contributed by atoms with E-state index in [9.17, 15) is 0 Å². The number of nitrogens with zero attached hydrogens (tertiary/aromatic N) is 1. The first-order valence-corrected chi connectivity index (χ1v) is 8.21. The number of nitrogens with two attached hydrogens (primary N) is 1. The third-order valence-electron chi connectivity index (χ3n) is 4.06. The zero-order valence-electron chi connectivity index (χ0n) is 13.8. The summed E-state index contributed by atoms with van der Waals surface area (Å²) in [5.74, 6) is 1.62. The Kier molecular flexibility index (Phi) is 6.74. The van der Waals surface area contributed by atoms with Gasteiger partial charge in [-0.25, -0.2) is 0 Å². The van der Waals surface area contributed by atoms with Gasteiger partial charge in [0.15, 0.2) is 11.5 Å². The zero-order chi connectivity index (χ0) is 15.8. The molecular weight excluding hydrogens is 276 g/mol. The lowest BCUT2D eigenvalue weighted by molar-refractivity contribution is 0.295. The normalized spacial score (nSPS) is 15.5. The van der Waals surface area contributed by atoms with Crippen molar-refractivity contribution in [3.63, 3.8) is 0 Å². The Morgan fingerprint density at radius 2 is 2.09 bits per heavy atom. The van der Waals surface area contributed by atoms with Crippen molar-refractivity contribution in [2.45, 2.75) is 26.2 Å². The summed E-state index contributed by atoms with van der Waals surface area (Å²) < 4.78 is 11.0. The highest BCUT2D eigenvalue weighted by Crippen LogP contribution is 2.32. The summed E-state index contributed by atoms with van der Waals surface area (Å²) in [6.45, 7) is 6.72. The summed E-state index contributed by atoms with van der Waals surface area (Å²) in [6, 6.07) is 6.21. The van der Waals surface area contributed by atoms with Crippen molar-refractivity contribution in [2.75, 3.05) is 39.9 Å². The van der Waals surface area contributed by atoms with Crippen LogP contribution in [0.15, 0.2) is 24.3 Å². The second kappa shape index (κ2) is 8.81. The smallest absolute Gasteiger partial charge is 0.161 e. The number of rotatable bonds is 8. The maximum absolute atomic E-state index is 5.67. The molecule has 0 amide bonds. The standard InChI is InChI=1S/C18H28N2O2/c1-3-22-18-14-16(6-7-17(18)21-2)15-8-12-20(13-9-15)11-5-4-10-19/h6-8,14H,3-5,9-13,19H2,1-2H3. The molecule has 2 N–H and O–H groups in total. The molecule has 0 atom stereocenters. The van der Waals surface area contributed by atoms with Gasteiger partial charge in [0.2, 0.25) is 0 Å². The number of hydrogen-bond donors (Lipinski definition) is 1. The molecule has 1 aliphatic heterocycles. The van der Waals surface area contributed by atoms with Crippen LogP contribution >= 0.6 is 0 Å². The van der Waals surface area contributed by atoms with Crippen LogP contribution in [-0.4, -0.2) is 44.8 Å². The lowest BCUT2D eigenvalue weighted by atomic mass is 9.99. The Balaban J connectivity index is 2.01. The topological polar surface area (TPSA) is 47.7 Å². The van der Waals surface area contributed by atoms with Gasteiger partial charge in [-0.3, -0.25) is 4.90 Å². The zero-order valence-corrected chi connectivity index (χ0v) is 13.8. The fourth-order valence-corrected chi connectivity index (χ4v) is 2.80. The van der Waals surface area contributed by atoms with Crippen molar-refractivity contribution in [3.05, 3.63) is 29.8 Å². The van der Waals surface area contributed by atoms with Gasteiger partial charge >= 0.3 is 0 Å². The average molecular weight is 304 g/mol. The van der Waals surface area contributed by atoms with Gasteiger partial charge in [0.25, 0.3) is 0 Å². The Bertz CT molecular complexity index is 500. The molecule has 22 heavy (non-hydrogen) atoms. The van der Waals surface area contributed by atoms with Crippen LogP contribution in [0, 0.1) is 0 Å². The molecule has 122 valence electrons. The van der Waals surface area contributed by atoms with Crippen LogP contribution in [0.5, 0.6) is 11.5 Å². The first kappa shape index (κ1) is 16.8. The minimum Gasteiger partial charge on any atom is -0.493 e. The fraction of sp³-hybridized carbons (Fsp3) is 0.556. The van der Waals surface area contributed by atoms with E-state index in [1.165, 1.54) is 17.6 Å². The van der Waals surface area contributed by atoms with Crippen molar-refractivity contribution < 1.29 is 9.47 Å². The molecule has 0 aliphatic carbocycles.